The van der Waals surface area contributed by atoms with Crippen LogP contribution in [0.25, 0.3) is 10.9 Å². The zero-order valence-corrected chi connectivity index (χ0v) is 20.8. The largest absolute Gasteiger partial charge is 0.493 e. The second-order valence-electron chi connectivity index (χ2n) is 8.50. The average molecular weight is 486 g/mol. The fraction of sp³-hybridized carbons (Fsp3) is 0.241. The minimum atomic E-state index is -0.163. The second-order valence-corrected chi connectivity index (χ2v) is 8.50. The maximum atomic E-state index is 13.0. The van der Waals surface area contributed by atoms with Crippen molar-refractivity contribution in [2.45, 2.75) is 26.3 Å². The summed E-state index contributed by atoms with van der Waals surface area (Å²) in [6.07, 6.45) is 2.00. The Balaban J connectivity index is 1.59. The smallest absolute Gasteiger partial charge is 0.251 e. The summed E-state index contributed by atoms with van der Waals surface area (Å²) in [5.41, 5.74) is 4.62. The Morgan fingerprint density at radius 2 is 1.75 bits per heavy atom. The minimum absolute atomic E-state index is 0.0916. The number of carbonyl (C=O) groups excluding carboxylic acids is 2. The number of H-pyrrole nitrogens is 1. The van der Waals surface area contributed by atoms with Gasteiger partial charge in [0.1, 0.15) is 0 Å². The number of fused-ring (bicyclic) bond motifs is 1. The summed E-state index contributed by atoms with van der Waals surface area (Å²) in [5, 5.41) is 6.96. The van der Waals surface area contributed by atoms with E-state index in [9.17, 15) is 9.59 Å². The van der Waals surface area contributed by atoms with Gasteiger partial charge in [0.15, 0.2) is 11.5 Å². The van der Waals surface area contributed by atoms with E-state index in [2.05, 4.69) is 21.7 Å². The number of rotatable bonds is 10. The third-order valence-corrected chi connectivity index (χ3v) is 6.11. The average Bonchev–Trinajstić information content (AvgIpc) is 3.32. The lowest BCUT2D eigenvalue weighted by atomic mass is 9.90. The van der Waals surface area contributed by atoms with E-state index in [4.69, 9.17) is 9.47 Å². The number of carbonyl (C=O) groups is 2. The van der Waals surface area contributed by atoms with Crippen LogP contribution < -0.4 is 20.1 Å². The molecule has 186 valence electrons. The summed E-state index contributed by atoms with van der Waals surface area (Å²) in [6.45, 7) is 4.78. The first-order chi connectivity index (χ1) is 17.5. The third kappa shape index (κ3) is 5.68. The number of aromatic nitrogens is 1. The van der Waals surface area contributed by atoms with Crippen molar-refractivity contribution in [3.05, 3.63) is 95.2 Å². The molecule has 0 spiro atoms. The van der Waals surface area contributed by atoms with E-state index in [1.54, 1.807) is 19.2 Å². The molecule has 1 atom stereocenters. The Morgan fingerprint density at radius 3 is 2.47 bits per heavy atom. The van der Waals surface area contributed by atoms with Crippen LogP contribution in [0.1, 0.15) is 46.8 Å². The molecule has 1 heterocycles. The fourth-order valence-corrected chi connectivity index (χ4v) is 4.26. The van der Waals surface area contributed by atoms with Crippen LogP contribution in [0.15, 0.2) is 72.9 Å². The van der Waals surface area contributed by atoms with Crippen molar-refractivity contribution in [1.82, 2.24) is 15.6 Å². The van der Waals surface area contributed by atoms with Crippen LogP contribution in [0.3, 0.4) is 0 Å². The number of hydrogen-bond acceptors (Lipinski definition) is 4. The molecule has 7 nitrogen and oxygen atoms in total. The number of aromatic amines is 1. The Kier molecular flexibility index (Phi) is 7.90. The molecule has 0 aliphatic heterocycles. The third-order valence-electron chi connectivity index (χ3n) is 6.11. The van der Waals surface area contributed by atoms with Crippen molar-refractivity contribution >= 4 is 22.7 Å². The highest BCUT2D eigenvalue weighted by Crippen LogP contribution is 2.36. The summed E-state index contributed by atoms with van der Waals surface area (Å²) in [4.78, 5) is 27.5. The number of benzene rings is 3. The topological polar surface area (TPSA) is 92.5 Å². The van der Waals surface area contributed by atoms with E-state index < -0.39 is 0 Å². The van der Waals surface area contributed by atoms with Crippen molar-refractivity contribution in [2.75, 3.05) is 20.3 Å². The molecule has 36 heavy (non-hydrogen) atoms. The molecule has 0 fully saturated rings. The Bertz CT molecular complexity index is 1340. The first kappa shape index (κ1) is 24.9. The molecule has 3 aromatic carbocycles. The number of methoxy groups -OCH3 is 1. The van der Waals surface area contributed by atoms with Crippen molar-refractivity contribution in [1.29, 1.82) is 0 Å². The molecule has 0 bridgehead atoms. The number of para-hydroxylation sites is 1. The molecule has 0 saturated carbocycles. The minimum Gasteiger partial charge on any atom is -0.493 e. The highest BCUT2D eigenvalue weighted by atomic mass is 16.5. The number of hydrogen-bond donors (Lipinski definition) is 3. The van der Waals surface area contributed by atoms with Gasteiger partial charge < -0.3 is 25.1 Å². The van der Waals surface area contributed by atoms with Gasteiger partial charge in [-0.1, -0.05) is 36.4 Å². The van der Waals surface area contributed by atoms with Gasteiger partial charge in [-0.25, -0.2) is 0 Å². The molecule has 7 heteroatoms. The van der Waals surface area contributed by atoms with Crippen LogP contribution in [-0.2, 0) is 11.3 Å². The van der Waals surface area contributed by atoms with Gasteiger partial charge in [-0.3, -0.25) is 9.59 Å². The first-order valence-electron chi connectivity index (χ1n) is 12.0. The maximum Gasteiger partial charge on any atom is 0.251 e. The zero-order chi connectivity index (χ0) is 25.5. The summed E-state index contributed by atoms with van der Waals surface area (Å²) >= 11 is 0. The Hall–Kier alpha value is -4.26. The number of amides is 2. The first-order valence-corrected chi connectivity index (χ1v) is 12.0. The lowest BCUT2D eigenvalue weighted by Gasteiger charge is -2.20. The zero-order valence-electron chi connectivity index (χ0n) is 20.8. The fourth-order valence-electron chi connectivity index (χ4n) is 4.26. The van der Waals surface area contributed by atoms with Crippen molar-refractivity contribution < 1.29 is 19.1 Å². The standard InChI is InChI=1S/C29H31N3O4/c1-4-36-27-14-13-22(15-28(27)35-3)24(25-18-31-26-8-6-5-7-23(25)26)17-32-29(34)21-11-9-20(10-12-21)16-30-19(2)33/h5-15,18,24,31H,4,16-17H2,1-3H3,(H,30,33)(H,32,34). The van der Waals surface area contributed by atoms with Gasteiger partial charge in [-0.05, 0) is 53.9 Å². The van der Waals surface area contributed by atoms with Gasteiger partial charge in [-0.2, -0.15) is 0 Å². The van der Waals surface area contributed by atoms with Gasteiger partial charge >= 0.3 is 0 Å². The summed E-state index contributed by atoms with van der Waals surface area (Å²) < 4.78 is 11.3. The van der Waals surface area contributed by atoms with E-state index in [0.29, 0.717) is 36.8 Å². The maximum absolute atomic E-state index is 13.0. The molecule has 0 aliphatic carbocycles. The van der Waals surface area contributed by atoms with Crippen molar-refractivity contribution in [2.24, 2.45) is 0 Å². The van der Waals surface area contributed by atoms with Crippen LogP contribution in [0.2, 0.25) is 0 Å². The predicted octanol–water partition coefficient (Wildman–Crippen LogP) is 4.77. The molecular weight excluding hydrogens is 454 g/mol. The molecule has 2 amide bonds. The summed E-state index contributed by atoms with van der Waals surface area (Å²) in [6, 6.07) is 21.3. The van der Waals surface area contributed by atoms with Gasteiger partial charge in [-0.15, -0.1) is 0 Å². The number of ether oxygens (including phenoxy) is 2. The van der Waals surface area contributed by atoms with E-state index in [1.807, 2.05) is 61.7 Å². The predicted molar refractivity (Wildman–Crippen MR) is 141 cm³/mol. The monoisotopic (exact) mass is 485 g/mol. The van der Waals surface area contributed by atoms with Crippen LogP contribution in [0.4, 0.5) is 0 Å². The van der Waals surface area contributed by atoms with Gasteiger partial charge in [0.05, 0.1) is 13.7 Å². The Morgan fingerprint density at radius 1 is 0.972 bits per heavy atom. The molecule has 4 aromatic rings. The van der Waals surface area contributed by atoms with E-state index in [-0.39, 0.29) is 17.7 Å². The van der Waals surface area contributed by atoms with E-state index in [1.165, 1.54) is 6.92 Å². The highest BCUT2D eigenvalue weighted by Gasteiger charge is 2.21. The Labute approximate surface area is 210 Å². The van der Waals surface area contributed by atoms with Gasteiger partial charge in [0, 0.05) is 48.6 Å². The summed E-state index contributed by atoms with van der Waals surface area (Å²) in [5.74, 6) is 0.966. The molecular formula is C29H31N3O4. The van der Waals surface area contributed by atoms with Crippen LogP contribution in [0, 0.1) is 0 Å². The lowest BCUT2D eigenvalue weighted by molar-refractivity contribution is -0.119. The normalized spacial score (nSPS) is 11.6. The molecule has 0 saturated heterocycles. The van der Waals surface area contributed by atoms with Gasteiger partial charge in [0.25, 0.3) is 5.91 Å². The van der Waals surface area contributed by atoms with Gasteiger partial charge in [0.2, 0.25) is 5.91 Å². The molecule has 4 rings (SSSR count). The molecule has 0 aliphatic rings. The van der Waals surface area contributed by atoms with Crippen LogP contribution >= 0.6 is 0 Å². The molecule has 3 N–H and O–H groups in total. The van der Waals surface area contributed by atoms with E-state index in [0.717, 1.165) is 27.6 Å². The van der Waals surface area contributed by atoms with E-state index >= 15 is 0 Å². The van der Waals surface area contributed by atoms with Crippen molar-refractivity contribution in [3.63, 3.8) is 0 Å². The molecule has 1 aromatic heterocycles. The second kappa shape index (κ2) is 11.4. The number of nitrogens with one attached hydrogen (secondary N) is 3. The SMILES string of the molecule is CCOc1ccc(C(CNC(=O)c2ccc(CNC(C)=O)cc2)c2c[nH]c3ccccc23)cc1OC. The van der Waals surface area contributed by atoms with Crippen LogP contribution in [0.5, 0.6) is 11.5 Å². The summed E-state index contributed by atoms with van der Waals surface area (Å²) in [7, 11) is 1.62. The van der Waals surface area contributed by atoms with Crippen molar-refractivity contribution in [3.8, 4) is 11.5 Å². The molecule has 0 radical (unpaired) electrons. The lowest BCUT2D eigenvalue weighted by Crippen LogP contribution is -2.29. The molecule has 1 unspecified atom stereocenters. The van der Waals surface area contributed by atoms with Crippen LogP contribution in [-0.4, -0.2) is 37.1 Å². The quantitative estimate of drug-likeness (QED) is 0.302. The highest BCUT2D eigenvalue weighted by molar-refractivity contribution is 5.94.